The lowest BCUT2D eigenvalue weighted by Gasteiger charge is -2.36. The predicted molar refractivity (Wildman–Crippen MR) is 124 cm³/mol. The first-order valence-corrected chi connectivity index (χ1v) is 13.0. The van der Waals surface area contributed by atoms with Gasteiger partial charge < -0.3 is 9.64 Å². The van der Waals surface area contributed by atoms with Crippen molar-refractivity contribution in [3.8, 4) is 0 Å². The molecular weight excluding hydrogens is 435 g/mol. The highest BCUT2D eigenvalue weighted by Gasteiger charge is 2.57. The van der Waals surface area contributed by atoms with Crippen LogP contribution in [-0.4, -0.2) is 59.4 Å². The van der Waals surface area contributed by atoms with Gasteiger partial charge >= 0.3 is 0 Å². The average Bonchev–Trinajstić information content (AvgIpc) is 3.53. The van der Waals surface area contributed by atoms with Crippen molar-refractivity contribution in [2.45, 2.75) is 88.2 Å². The molecule has 2 heterocycles. The van der Waals surface area contributed by atoms with E-state index in [0.29, 0.717) is 25.6 Å². The van der Waals surface area contributed by atoms with Gasteiger partial charge in [0.15, 0.2) is 0 Å². The summed E-state index contributed by atoms with van der Waals surface area (Å²) >= 11 is 0. The number of carbonyl (C=O) groups excluding carboxylic acids is 3. The van der Waals surface area contributed by atoms with Crippen molar-refractivity contribution in [1.82, 2.24) is 9.80 Å². The van der Waals surface area contributed by atoms with Crippen LogP contribution in [0, 0.1) is 11.7 Å². The molecule has 1 aromatic rings. The molecule has 1 aromatic carbocycles. The van der Waals surface area contributed by atoms with Crippen molar-refractivity contribution in [2.24, 2.45) is 5.92 Å². The third kappa shape index (κ3) is 4.39. The third-order valence-corrected chi connectivity index (χ3v) is 8.39. The number of hydrogen-bond acceptors (Lipinski definition) is 4. The first-order chi connectivity index (χ1) is 16.5. The fourth-order valence-electron chi connectivity index (χ4n) is 6.26. The average molecular weight is 471 g/mol. The second-order valence-electron chi connectivity index (χ2n) is 10.7. The minimum absolute atomic E-state index is 0.00402. The summed E-state index contributed by atoms with van der Waals surface area (Å²) in [4.78, 5) is 44.1. The number of nitrogens with zero attached hydrogens (tertiary/aromatic N) is 2. The van der Waals surface area contributed by atoms with Gasteiger partial charge in [0.25, 0.3) is 0 Å². The third-order valence-electron chi connectivity index (χ3n) is 8.39. The molecule has 2 aliphatic carbocycles. The molecule has 2 saturated carbocycles. The molecule has 0 spiro atoms. The van der Waals surface area contributed by atoms with E-state index in [1.165, 1.54) is 17.4 Å². The molecular formula is C27H35FN2O4. The smallest absolute Gasteiger partial charge is 0.241 e. The maximum absolute atomic E-state index is 15.1. The Bertz CT molecular complexity index is 936. The van der Waals surface area contributed by atoms with E-state index < -0.39 is 17.1 Å². The Morgan fingerprint density at radius 1 is 1.03 bits per heavy atom. The van der Waals surface area contributed by atoms with Crippen molar-refractivity contribution in [3.05, 3.63) is 35.6 Å². The largest absolute Gasteiger partial charge is 0.376 e. The van der Waals surface area contributed by atoms with Crippen molar-refractivity contribution in [1.29, 1.82) is 0 Å². The van der Waals surface area contributed by atoms with E-state index in [2.05, 4.69) is 0 Å². The second-order valence-corrected chi connectivity index (χ2v) is 10.7. The minimum atomic E-state index is -1.48. The van der Waals surface area contributed by atoms with Crippen LogP contribution in [0.5, 0.6) is 0 Å². The van der Waals surface area contributed by atoms with E-state index in [1.54, 1.807) is 18.2 Å². The summed E-state index contributed by atoms with van der Waals surface area (Å²) in [5, 5.41) is 0. The molecule has 5 rings (SSSR count). The zero-order valence-corrected chi connectivity index (χ0v) is 19.8. The molecule has 4 aliphatic rings. The summed E-state index contributed by atoms with van der Waals surface area (Å²) in [6.07, 6.45) is 8.47. The number of rotatable bonds is 8. The molecule has 2 aliphatic heterocycles. The van der Waals surface area contributed by atoms with Gasteiger partial charge in [-0.2, -0.15) is 0 Å². The monoisotopic (exact) mass is 470 g/mol. The van der Waals surface area contributed by atoms with Gasteiger partial charge in [-0.15, -0.1) is 0 Å². The summed E-state index contributed by atoms with van der Waals surface area (Å²) in [6, 6.07) is 6.00. The lowest BCUT2D eigenvalue weighted by Crippen LogP contribution is -2.48. The first kappa shape index (κ1) is 23.5. The molecule has 0 radical (unpaired) electrons. The molecule has 184 valence electrons. The van der Waals surface area contributed by atoms with Gasteiger partial charge in [-0.1, -0.05) is 37.5 Å². The fourth-order valence-corrected chi connectivity index (χ4v) is 6.26. The highest BCUT2D eigenvalue weighted by Crippen LogP contribution is 2.44. The number of ether oxygens (including phenoxy) is 1. The quantitative estimate of drug-likeness (QED) is 0.540. The Morgan fingerprint density at radius 2 is 1.79 bits per heavy atom. The number of hydrogen-bond donors (Lipinski definition) is 0. The molecule has 0 N–H and O–H groups in total. The number of halogens is 1. The molecule has 6 nitrogen and oxygen atoms in total. The van der Waals surface area contributed by atoms with Crippen LogP contribution in [0.3, 0.4) is 0 Å². The lowest BCUT2D eigenvalue weighted by molar-refractivity contribution is -0.145. The molecule has 3 amide bonds. The van der Waals surface area contributed by atoms with Crippen molar-refractivity contribution < 1.29 is 23.5 Å². The number of benzene rings is 1. The Kier molecular flexibility index (Phi) is 6.74. The van der Waals surface area contributed by atoms with Crippen LogP contribution >= 0.6 is 0 Å². The van der Waals surface area contributed by atoms with E-state index in [-0.39, 0.29) is 42.4 Å². The van der Waals surface area contributed by atoms with Crippen LogP contribution in [0.4, 0.5) is 4.39 Å². The lowest BCUT2D eigenvalue weighted by atomic mass is 9.75. The predicted octanol–water partition coefficient (Wildman–Crippen LogP) is 3.96. The number of carbonyl (C=O) groups is 3. The Balaban J connectivity index is 1.45. The Hall–Kier alpha value is -2.28. The van der Waals surface area contributed by atoms with Gasteiger partial charge in [0.2, 0.25) is 17.7 Å². The van der Waals surface area contributed by atoms with Crippen molar-refractivity contribution >= 4 is 17.7 Å². The van der Waals surface area contributed by atoms with Gasteiger partial charge in [0, 0.05) is 44.1 Å². The van der Waals surface area contributed by atoms with E-state index in [9.17, 15) is 14.4 Å². The normalized spacial score (nSPS) is 28.0. The molecule has 7 heteroatoms. The van der Waals surface area contributed by atoms with Crippen LogP contribution in [0.25, 0.3) is 0 Å². The van der Waals surface area contributed by atoms with Gasteiger partial charge in [-0.3, -0.25) is 19.3 Å². The van der Waals surface area contributed by atoms with E-state index in [1.807, 2.05) is 4.90 Å². The van der Waals surface area contributed by atoms with Crippen LogP contribution in [0.15, 0.2) is 24.3 Å². The van der Waals surface area contributed by atoms with Gasteiger partial charge in [0.1, 0.15) is 5.82 Å². The number of imide groups is 1. The minimum Gasteiger partial charge on any atom is -0.376 e. The van der Waals surface area contributed by atoms with Crippen LogP contribution in [0.1, 0.15) is 76.2 Å². The summed E-state index contributed by atoms with van der Waals surface area (Å²) in [6.45, 7) is 1.84. The topological polar surface area (TPSA) is 66.9 Å². The summed E-state index contributed by atoms with van der Waals surface area (Å²) in [5.74, 6) is -0.929. The maximum atomic E-state index is 15.1. The second kappa shape index (κ2) is 9.76. The van der Waals surface area contributed by atoms with Crippen molar-refractivity contribution in [3.63, 3.8) is 0 Å². The van der Waals surface area contributed by atoms with Crippen LogP contribution < -0.4 is 0 Å². The molecule has 34 heavy (non-hydrogen) atoms. The standard InChI is InChI=1S/C27H35FN2O4/c28-23-13-4-3-12-22(23)27(16-25(32)30(26(27)33)20-9-1-2-10-20)15-24(31)29(17-19-7-5-8-19)18-21-11-6-14-34-21/h3-4,12-13,19-21H,1-2,5-11,14-18H2. The molecule has 2 unspecified atom stereocenters. The SMILES string of the molecule is O=C(CC1(c2ccccc2F)CC(=O)N(C2CCCC2)C1=O)N(CC1CCC1)CC1CCCO1. The summed E-state index contributed by atoms with van der Waals surface area (Å²) in [5.41, 5.74) is -1.31. The molecule has 0 aromatic heterocycles. The number of likely N-dealkylation sites (tertiary alicyclic amines) is 1. The first-order valence-electron chi connectivity index (χ1n) is 13.0. The van der Waals surface area contributed by atoms with Gasteiger partial charge in [-0.05, 0) is 50.5 Å². The van der Waals surface area contributed by atoms with Gasteiger partial charge in [0.05, 0.1) is 11.5 Å². The highest BCUT2D eigenvalue weighted by atomic mass is 19.1. The van der Waals surface area contributed by atoms with Crippen molar-refractivity contribution in [2.75, 3.05) is 19.7 Å². The van der Waals surface area contributed by atoms with E-state index >= 15 is 4.39 Å². The summed E-state index contributed by atoms with van der Waals surface area (Å²) in [7, 11) is 0. The van der Waals surface area contributed by atoms with E-state index in [4.69, 9.17) is 4.74 Å². The van der Waals surface area contributed by atoms with E-state index in [0.717, 1.165) is 51.4 Å². The number of amides is 3. The molecule has 0 bridgehead atoms. The van der Waals surface area contributed by atoms with Crippen LogP contribution in [0.2, 0.25) is 0 Å². The summed E-state index contributed by atoms with van der Waals surface area (Å²) < 4.78 is 20.9. The molecule has 4 fully saturated rings. The zero-order valence-electron chi connectivity index (χ0n) is 19.8. The van der Waals surface area contributed by atoms with Gasteiger partial charge in [-0.25, -0.2) is 4.39 Å². The highest BCUT2D eigenvalue weighted by molar-refractivity contribution is 6.11. The maximum Gasteiger partial charge on any atom is 0.241 e. The Labute approximate surface area is 200 Å². The Morgan fingerprint density at radius 3 is 2.44 bits per heavy atom. The van der Waals surface area contributed by atoms with Crippen LogP contribution in [-0.2, 0) is 24.5 Å². The molecule has 2 atom stereocenters. The molecule has 2 saturated heterocycles. The zero-order chi connectivity index (χ0) is 23.7. The fraction of sp³-hybridized carbons (Fsp3) is 0.667.